The van der Waals surface area contributed by atoms with Crippen LogP contribution in [0.25, 0.3) is 0 Å². The van der Waals surface area contributed by atoms with Crippen LogP contribution in [-0.2, 0) is 9.53 Å². The van der Waals surface area contributed by atoms with Crippen LogP contribution in [0.3, 0.4) is 0 Å². The summed E-state index contributed by atoms with van der Waals surface area (Å²) in [5, 5.41) is 12.1. The molecule has 0 saturated heterocycles. The first-order valence-electron chi connectivity index (χ1n) is 7.53. The molecule has 2 N–H and O–H groups in total. The summed E-state index contributed by atoms with van der Waals surface area (Å²) in [7, 11) is 0. The van der Waals surface area contributed by atoms with E-state index in [0.29, 0.717) is 0 Å². The largest absolute Gasteiger partial charge is 0.462 e. The van der Waals surface area contributed by atoms with Gasteiger partial charge in [0, 0.05) is 6.20 Å². The van der Waals surface area contributed by atoms with Crippen LogP contribution in [-0.4, -0.2) is 41.1 Å². The average Bonchev–Trinajstić information content (AvgIpc) is 2.54. The Balaban J connectivity index is 3.26. The van der Waals surface area contributed by atoms with Crippen LogP contribution < -0.4 is 5.32 Å². The molecule has 1 aromatic rings. The fraction of sp³-hybridized carbons (Fsp3) is 0.438. The second-order valence-electron chi connectivity index (χ2n) is 5.40. The van der Waals surface area contributed by atoms with E-state index in [0.717, 1.165) is 0 Å². The number of carbonyl (C=O) groups excluding carboxylic acids is 2. The standard InChI is InChI=1S/C16H19Cl3N2O4/c1-4-25-16(24)9(6-20-12(7-22)8(2)3)14(23)13-10(17)5-11(18)15(19)21-13/h5-6,8,12,20,22H,4,7H2,1-3H3/t12-/m1/s1. The Morgan fingerprint density at radius 2 is 1.96 bits per heavy atom. The first-order chi connectivity index (χ1) is 11.7. The van der Waals surface area contributed by atoms with Gasteiger partial charge in [-0.1, -0.05) is 48.7 Å². The maximum absolute atomic E-state index is 12.7. The fourth-order valence-electron chi connectivity index (χ4n) is 1.80. The highest BCUT2D eigenvalue weighted by Gasteiger charge is 2.26. The minimum Gasteiger partial charge on any atom is -0.462 e. The molecule has 25 heavy (non-hydrogen) atoms. The molecule has 9 heteroatoms. The number of nitrogens with one attached hydrogen (secondary N) is 1. The number of aromatic nitrogens is 1. The SMILES string of the molecule is CCOC(=O)C(=CN[C@H](CO)C(C)C)C(=O)c1nc(Cl)c(Cl)cc1Cl. The van der Waals surface area contributed by atoms with Gasteiger partial charge in [0.1, 0.15) is 16.4 Å². The predicted molar refractivity (Wildman–Crippen MR) is 97.2 cm³/mol. The van der Waals surface area contributed by atoms with Crippen LogP contribution in [0.4, 0.5) is 0 Å². The van der Waals surface area contributed by atoms with Crippen LogP contribution >= 0.6 is 34.8 Å². The third-order valence-electron chi connectivity index (χ3n) is 3.28. The van der Waals surface area contributed by atoms with E-state index in [1.807, 2.05) is 13.8 Å². The first-order valence-corrected chi connectivity index (χ1v) is 8.66. The lowest BCUT2D eigenvalue weighted by molar-refractivity contribution is -0.138. The topological polar surface area (TPSA) is 88.5 Å². The van der Waals surface area contributed by atoms with Gasteiger partial charge in [-0.2, -0.15) is 0 Å². The zero-order chi connectivity index (χ0) is 19.1. The van der Waals surface area contributed by atoms with Crippen LogP contribution in [0.2, 0.25) is 15.2 Å². The Bertz CT molecular complexity index is 678. The van der Waals surface area contributed by atoms with E-state index in [4.69, 9.17) is 39.5 Å². The third-order valence-corrected chi connectivity index (χ3v) is 4.25. The molecule has 6 nitrogen and oxygen atoms in total. The highest BCUT2D eigenvalue weighted by Crippen LogP contribution is 2.27. The lowest BCUT2D eigenvalue weighted by Gasteiger charge is -2.19. The summed E-state index contributed by atoms with van der Waals surface area (Å²) < 4.78 is 4.91. The summed E-state index contributed by atoms with van der Waals surface area (Å²) in [4.78, 5) is 28.7. The van der Waals surface area contributed by atoms with Gasteiger partial charge in [-0.25, -0.2) is 9.78 Å². The van der Waals surface area contributed by atoms with E-state index in [1.165, 1.54) is 12.3 Å². The number of carbonyl (C=O) groups is 2. The number of Topliss-reactive ketones (excluding diaryl/α,β-unsaturated/α-hetero) is 1. The maximum atomic E-state index is 12.7. The first kappa shape index (κ1) is 21.7. The molecule has 0 aromatic carbocycles. The Kier molecular flexibility index (Phi) is 8.65. The minimum atomic E-state index is -0.843. The van der Waals surface area contributed by atoms with Crippen molar-refractivity contribution < 1.29 is 19.4 Å². The Morgan fingerprint density at radius 3 is 2.48 bits per heavy atom. The molecule has 0 bridgehead atoms. The van der Waals surface area contributed by atoms with Crippen molar-refractivity contribution in [2.75, 3.05) is 13.2 Å². The van der Waals surface area contributed by atoms with Crippen LogP contribution in [0.5, 0.6) is 0 Å². The summed E-state index contributed by atoms with van der Waals surface area (Å²) >= 11 is 17.6. The molecule has 0 aliphatic rings. The van der Waals surface area contributed by atoms with Crippen molar-refractivity contribution in [2.24, 2.45) is 5.92 Å². The predicted octanol–water partition coefficient (Wildman–Crippen LogP) is 3.28. The van der Waals surface area contributed by atoms with Crippen molar-refractivity contribution in [3.8, 4) is 0 Å². The van der Waals surface area contributed by atoms with Gasteiger partial charge in [0.25, 0.3) is 0 Å². The molecule has 1 atom stereocenters. The highest BCUT2D eigenvalue weighted by molar-refractivity contribution is 6.43. The van der Waals surface area contributed by atoms with E-state index in [9.17, 15) is 14.7 Å². The molecule has 0 amide bonds. The monoisotopic (exact) mass is 408 g/mol. The summed E-state index contributed by atoms with van der Waals surface area (Å²) in [6.07, 6.45) is 1.20. The van der Waals surface area contributed by atoms with Gasteiger partial charge < -0.3 is 15.2 Å². The molecule has 1 aromatic heterocycles. The Hall–Kier alpha value is -1.34. The van der Waals surface area contributed by atoms with Gasteiger partial charge in [0.05, 0.1) is 29.3 Å². The molecule has 0 spiro atoms. The molecule has 0 aliphatic heterocycles. The van der Waals surface area contributed by atoms with Crippen molar-refractivity contribution in [3.63, 3.8) is 0 Å². The lowest BCUT2D eigenvalue weighted by atomic mass is 10.0. The number of hydrogen-bond acceptors (Lipinski definition) is 6. The number of rotatable bonds is 8. The molecule has 1 heterocycles. The summed E-state index contributed by atoms with van der Waals surface area (Å²) in [6.45, 7) is 5.28. The number of ether oxygens (including phenoxy) is 1. The zero-order valence-electron chi connectivity index (χ0n) is 14.0. The van der Waals surface area contributed by atoms with Crippen LogP contribution in [0.1, 0.15) is 31.3 Å². The molecular weight excluding hydrogens is 391 g/mol. The quantitative estimate of drug-likeness (QED) is 0.171. The van der Waals surface area contributed by atoms with Gasteiger partial charge in [0.2, 0.25) is 5.78 Å². The summed E-state index contributed by atoms with van der Waals surface area (Å²) in [6, 6.07) is 0.918. The molecule has 0 saturated carbocycles. The van der Waals surface area contributed by atoms with Crippen LogP contribution in [0, 0.1) is 5.92 Å². The zero-order valence-corrected chi connectivity index (χ0v) is 16.2. The number of ketones is 1. The van der Waals surface area contributed by atoms with E-state index in [2.05, 4.69) is 10.3 Å². The second-order valence-corrected chi connectivity index (χ2v) is 6.57. The van der Waals surface area contributed by atoms with E-state index >= 15 is 0 Å². The molecule has 1 rings (SSSR count). The van der Waals surface area contributed by atoms with Gasteiger partial charge in [-0.3, -0.25) is 4.79 Å². The Morgan fingerprint density at radius 1 is 1.32 bits per heavy atom. The number of pyridine rings is 1. The second kappa shape index (κ2) is 9.97. The van der Waals surface area contributed by atoms with Crippen LogP contribution in [0.15, 0.2) is 17.8 Å². The van der Waals surface area contributed by atoms with E-state index in [-0.39, 0.29) is 51.6 Å². The van der Waals surface area contributed by atoms with Crippen molar-refractivity contribution in [1.29, 1.82) is 0 Å². The highest BCUT2D eigenvalue weighted by atomic mass is 35.5. The summed E-state index contributed by atoms with van der Waals surface area (Å²) in [5.41, 5.74) is -0.531. The smallest absolute Gasteiger partial charge is 0.343 e. The minimum absolute atomic E-state index is 0.0443. The van der Waals surface area contributed by atoms with Crippen molar-refractivity contribution in [3.05, 3.63) is 38.7 Å². The van der Waals surface area contributed by atoms with Gasteiger partial charge >= 0.3 is 5.97 Å². The van der Waals surface area contributed by atoms with Crippen molar-refractivity contribution in [2.45, 2.75) is 26.8 Å². The Labute approximate surface area is 161 Å². The van der Waals surface area contributed by atoms with Crippen molar-refractivity contribution >= 4 is 46.6 Å². The van der Waals surface area contributed by atoms with Crippen molar-refractivity contribution in [1.82, 2.24) is 10.3 Å². The number of hydrogen-bond donors (Lipinski definition) is 2. The van der Waals surface area contributed by atoms with Gasteiger partial charge in [-0.05, 0) is 18.9 Å². The maximum Gasteiger partial charge on any atom is 0.343 e. The molecule has 0 radical (unpaired) electrons. The summed E-state index contributed by atoms with van der Waals surface area (Å²) in [5.74, 6) is -1.55. The van der Waals surface area contributed by atoms with E-state index in [1.54, 1.807) is 6.92 Å². The number of aliphatic hydroxyl groups excluding tert-OH is 1. The lowest BCUT2D eigenvalue weighted by Crippen LogP contribution is -2.34. The number of aliphatic hydroxyl groups is 1. The van der Waals surface area contributed by atoms with E-state index < -0.39 is 11.8 Å². The molecule has 0 fully saturated rings. The number of esters is 1. The number of halogens is 3. The van der Waals surface area contributed by atoms with Gasteiger partial charge in [0.15, 0.2) is 0 Å². The normalized spacial score (nSPS) is 12.9. The third kappa shape index (κ3) is 5.85. The molecular formula is C16H19Cl3N2O4. The molecule has 0 unspecified atom stereocenters. The number of nitrogens with zero attached hydrogens (tertiary/aromatic N) is 1. The van der Waals surface area contributed by atoms with Gasteiger partial charge in [-0.15, -0.1) is 0 Å². The molecule has 0 aliphatic carbocycles. The molecule has 138 valence electrons. The average molecular weight is 410 g/mol. The fourth-order valence-corrected chi connectivity index (χ4v) is 2.39.